The van der Waals surface area contributed by atoms with Crippen molar-refractivity contribution in [1.29, 1.82) is 0 Å². The molecule has 120 valence electrons. The summed E-state index contributed by atoms with van der Waals surface area (Å²) in [5.41, 5.74) is 0.571. The van der Waals surface area contributed by atoms with Crippen LogP contribution in [0.15, 0.2) is 0 Å². The van der Waals surface area contributed by atoms with Gasteiger partial charge in [-0.25, -0.2) is 0 Å². The highest BCUT2D eigenvalue weighted by molar-refractivity contribution is 14.1. The number of hydrogen-bond acceptors (Lipinski definition) is 1. The summed E-state index contributed by atoms with van der Waals surface area (Å²) < 4.78 is 6.91. The van der Waals surface area contributed by atoms with Crippen molar-refractivity contribution in [2.45, 2.75) is 81.2 Å². The van der Waals surface area contributed by atoms with Crippen LogP contribution in [-0.2, 0) is 4.74 Å². The quantitative estimate of drug-likeness (QED) is 0.408. The third-order valence-electron chi connectivity index (χ3n) is 7.08. The fraction of sp³-hybridized carbons (Fsp3) is 1.00. The van der Waals surface area contributed by atoms with Crippen molar-refractivity contribution in [3.05, 3.63) is 0 Å². The Hall–Kier alpha value is 0.690. The van der Waals surface area contributed by atoms with Gasteiger partial charge in [0, 0.05) is 12.0 Å². The Morgan fingerprint density at radius 2 is 1.48 bits per heavy atom. The normalized spacial score (nSPS) is 44.1. The van der Waals surface area contributed by atoms with Gasteiger partial charge in [0.1, 0.15) is 4.11 Å². The van der Waals surface area contributed by atoms with Crippen LogP contribution in [0.3, 0.4) is 0 Å². The van der Waals surface area contributed by atoms with Gasteiger partial charge in [-0.3, -0.25) is 0 Å². The maximum absolute atomic E-state index is 6.42. The topological polar surface area (TPSA) is 9.23 Å². The lowest BCUT2D eigenvalue weighted by Crippen LogP contribution is -2.50. The number of alkyl halides is 1. The van der Waals surface area contributed by atoms with E-state index < -0.39 is 0 Å². The van der Waals surface area contributed by atoms with Crippen LogP contribution in [0.25, 0.3) is 0 Å². The number of ether oxygens (including phenoxy) is 1. The van der Waals surface area contributed by atoms with E-state index >= 15 is 0 Å². The van der Waals surface area contributed by atoms with Crippen molar-refractivity contribution in [2.24, 2.45) is 29.1 Å². The summed E-state index contributed by atoms with van der Waals surface area (Å²) in [5, 5.41) is 0. The summed E-state index contributed by atoms with van der Waals surface area (Å²) >= 11 is 2.66. The molecule has 5 rings (SSSR count). The Bertz CT molecular complexity index is 325. The molecule has 5 fully saturated rings. The first-order chi connectivity index (χ1) is 10.2. The minimum Gasteiger partial charge on any atom is -0.367 e. The van der Waals surface area contributed by atoms with Crippen LogP contribution in [0.1, 0.15) is 77.0 Å². The van der Waals surface area contributed by atoms with Crippen molar-refractivity contribution in [1.82, 2.24) is 0 Å². The molecule has 0 aromatic carbocycles. The van der Waals surface area contributed by atoms with Gasteiger partial charge in [0.2, 0.25) is 0 Å². The second kappa shape index (κ2) is 6.30. The van der Waals surface area contributed by atoms with Crippen LogP contribution in [-0.4, -0.2) is 10.7 Å². The molecular formula is C19H31IO. The molecule has 0 N–H and O–H groups in total. The smallest absolute Gasteiger partial charge is 0.114 e. The Kier molecular flexibility index (Phi) is 4.57. The van der Waals surface area contributed by atoms with Gasteiger partial charge in [-0.2, -0.15) is 0 Å². The molecule has 0 saturated heterocycles. The molecule has 0 heterocycles. The summed E-state index contributed by atoms with van der Waals surface area (Å²) in [4.78, 5) is 0. The average molecular weight is 402 g/mol. The van der Waals surface area contributed by atoms with E-state index in [1.54, 1.807) is 19.3 Å². The fourth-order valence-corrected chi connectivity index (χ4v) is 7.46. The Morgan fingerprint density at radius 1 is 0.905 bits per heavy atom. The van der Waals surface area contributed by atoms with E-state index in [0.717, 1.165) is 30.3 Å². The lowest BCUT2D eigenvalue weighted by Gasteiger charge is -2.58. The molecule has 1 unspecified atom stereocenters. The minimum absolute atomic E-state index is 0.493. The summed E-state index contributed by atoms with van der Waals surface area (Å²) in [6.07, 6.45) is 17.7. The van der Waals surface area contributed by atoms with E-state index in [2.05, 4.69) is 22.6 Å². The molecule has 4 bridgehead atoms. The van der Waals surface area contributed by atoms with E-state index in [0.29, 0.717) is 9.53 Å². The second-order valence-electron chi connectivity index (χ2n) is 8.76. The van der Waals surface area contributed by atoms with E-state index in [-0.39, 0.29) is 0 Å². The van der Waals surface area contributed by atoms with Crippen LogP contribution in [0.2, 0.25) is 0 Å². The van der Waals surface area contributed by atoms with E-state index in [4.69, 9.17) is 4.74 Å². The molecule has 5 saturated carbocycles. The number of halogens is 1. The molecule has 1 nitrogen and oxygen atoms in total. The molecule has 21 heavy (non-hydrogen) atoms. The largest absolute Gasteiger partial charge is 0.367 e. The van der Waals surface area contributed by atoms with Crippen molar-refractivity contribution in [3.8, 4) is 0 Å². The van der Waals surface area contributed by atoms with E-state index in [1.165, 1.54) is 57.8 Å². The predicted molar refractivity (Wildman–Crippen MR) is 95.6 cm³/mol. The van der Waals surface area contributed by atoms with Crippen LogP contribution in [0, 0.1) is 29.1 Å². The zero-order valence-electron chi connectivity index (χ0n) is 13.4. The summed E-state index contributed by atoms with van der Waals surface area (Å²) in [7, 11) is 0. The Morgan fingerprint density at radius 3 is 2.05 bits per heavy atom. The highest BCUT2D eigenvalue weighted by Crippen LogP contribution is 2.62. The highest BCUT2D eigenvalue weighted by Gasteiger charge is 2.54. The Balaban J connectivity index is 1.29. The second-order valence-corrected chi connectivity index (χ2v) is 9.89. The maximum atomic E-state index is 6.42. The third-order valence-corrected chi connectivity index (χ3v) is 8.76. The van der Waals surface area contributed by atoms with Crippen LogP contribution in [0.5, 0.6) is 0 Å². The fourth-order valence-electron chi connectivity index (χ4n) is 6.45. The van der Waals surface area contributed by atoms with Gasteiger partial charge in [-0.05, 0) is 68.6 Å². The monoisotopic (exact) mass is 402 g/mol. The van der Waals surface area contributed by atoms with Gasteiger partial charge < -0.3 is 4.74 Å². The standard InChI is InChI=1S/C19H31IO/c20-18(21-7-6-14-4-2-1-3-5-14)19-11-15-8-16(12-19)10-17(9-15)13-19/h14-18H,1-13H2. The minimum atomic E-state index is 0.493. The van der Waals surface area contributed by atoms with E-state index in [9.17, 15) is 0 Å². The summed E-state index contributed by atoms with van der Waals surface area (Å²) in [6, 6.07) is 0. The Labute approximate surface area is 144 Å². The number of rotatable bonds is 5. The maximum Gasteiger partial charge on any atom is 0.114 e. The molecule has 0 aromatic rings. The summed E-state index contributed by atoms with van der Waals surface area (Å²) in [6.45, 7) is 1.03. The van der Waals surface area contributed by atoms with Gasteiger partial charge in [0.15, 0.2) is 0 Å². The first kappa shape index (κ1) is 15.2. The lowest BCUT2D eigenvalue weighted by atomic mass is 9.50. The van der Waals surface area contributed by atoms with Gasteiger partial charge in [0.05, 0.1) is 0 Å². The molecule has 5 aliphatic rings. The zero-order valence-corrected chi connectivity index (χ0v) is 15.5. The average Bonchev–Trinajstić information content (AvgIpc) is 2.47. The van der Waals surface area contributed by atoms with Gasteiger partial charge in [-0.15, -0.1) is 0 Å². The van der Waals surface area contributed by atoms with Crippen molar-refractivity contribution in [3.63, 3.8) is 0 Å². The summed E-state index contributed by atoms with van der Waals surface area (Å²) in [5.74, 6) is 4.13. The predicted octanol–water partition coefficient (Wildman–Crippen LogP) is 5.95. The van der Waals surface area contributed by atoms with Crippen LogP contribution in [0.4, 0.5) is 0 Å². The molecule has 0 aromatic heterocycles. The van der Waals surface area contributed by atoms with Gasteiger partial charge in [0.25, 0.3) is 0 Å². The van der Waals surface area contributed by atoms with E-state index in [1.807, 2.05) is 0 Å². The van der Waals surface area contributed by atoms with Gasteiger partial charge >= 0.3 is 0 Å². The molecule has 0 aliphatic heterocycles. The van der Waals surface area contributed by atoms with Crippen molar-refractivity contribution >= 4 is 22.6 Å². The highest BCUT2D eigenvalue weighted by atomic mass is 127. The van der Waals surface area contributed by atoms with Crippen molar-refractivity contribution < 1.29 is 4.74 Å². The molecule has 5 aliphatic carbocycles. The number of hydrogen-bond donors (Lipinski definition) is 0. The SMILES string of the molecule is IC(OCCC1CCCCC1)C12CC3CC(CC(C3)C1)C2. The first-order valence-electron chi connectivity index (χ1n) is 9.49. The molecular weight excluding hydrogens is 371 g/mol. The molecule has 0 radical (unpaired) electrons. The lowest BCUT2D eigenvalue weighted by molar-refractivity contribution is -0.105. The van der Waals surface area contributed by atoms with Crippen LogP contribution >= 0.6 is 22.6 Å². The first-order valence-corrected chi connectivity index (χ1v) is 10.7. The third kappa shape index (κ3) is 3.18. The molecule has 1 atom stereocenters. The molecule has 2 heteroatoms. The van der Waals surface area contributed by atoms with Crippen LogP contribution < -0.4 is 0 Å². The zero-order chi connectivity index (χ0) is 14.3. The van der Waals surface area contributed by atoms with Gasteiger partial charge in [-0.1, -0.05) is 54.7 Å². The molecule has 0 amide bonds. The molecule has 0 spiro atoms. The van der Waals surface area contributed by atoms with Crippen molar-refractivity contribution in [2.75, 3.05) is 6.61 Å².